The van der Waals surface area contributed by atoms with Gasteiger partial charge in [-0.15, -0.1) is 0 Å². The van der Waals surface area contributed by atoms with E-state index < -0.39 is 10.0 Å². The van der Waals surface area contributed by atoms with E-state index in [1.165, 1.54) is 0 Å². The fraction of sp³-hybridized carbons (Fsp3) is 0.588. The van der Waals surface area contributed by atoms with Gasteiger partial charge in [-0.05, 0) is 42.0 Å². The molecule has 0 saturated heterocycles. The van der Waals surface area contributed by atoms with E-state index in [0.717, 1.165) is 29.6 Å². The van der Waals surface area contributed by atoms with Crippen LogP contribution in [-0.2, 0) is 21.2 Å². The summed E-state index contributed by atoms with van der Waals surface area (Å²) in [5.41, 5.74) is 2.14. The Morgan fingerprint density at radius 1 is 1.40 bits per heavy atom. The third-order valence-electron chi connectivity index (χ3n) is 4.73. The average molecular weight is 368 g/mol. The number of ether oxygens (including phenoxy) is 1. The maximum atomic E-state index is 12.2. The minimum Gasteiger partial charge on any atom is -0.493 e. The van der Waals surface area contributed by atoms with E-state index >= 15 is 0 Å². The Bertz CT molecular complexity index is 743. The zero-order chi connectivity index (χ0) is 18.0. The molecule has 1 aliphatic heterocycles. The van der Waals surface area contributed by atoms with E-state index in [2.05, 4.69) is 16.1 Å². The van der Waals surface area contributed by atoms with Crippen molar-refractivity contribution in [1.82, 2.24) is 10.0 Å². The van der Waals surface area contributed by atoms with Crippen LogP contribution in [-0.4, -0.2) is 44.9 Å². The normalized spacial score (nSPS) is 23.3. The highest BCUT2D eigenvalue weighted by atomic mass is 32.2. The predicted molar refractivity (Wildman–Crippen MR) is 92.7 cm³/mol. The summed E-state index contributed by atoms with van der Waals surface area (Å²) in [4.78, 5) is 12.2. The lowest BCUT2D eigenvalue weighted by Gasteiger charge is -2.38. The van der Waals surface area contributed by atoms with Crippen molar-refractivity contribution in [3.8, 4) is 5.75 Å². The molecule has 0 bridgehead atoms. The third kappa shape index (κ3) is 4.71. The maximum absolute atomic E-state index is 12.2. The molecule has 1 saturated carbocycles. The van der Waals surface area contributed by atoms with Crippen LogP contribution in [0, 0.1) is 5.92 Å². The molecule has 0 unspecified atom stereocenters. The largest absolute Gasteiger partial charge is 0.493 e. The van der Waals surface area contributed by atoms with Crippen LogP contribution in [0.15, 0.2) is 18.2 Å². The number of aliphatic hydroxyl groups is 1. The summed E-state index contributed by atoms with van der Waals surface area (Å²) >= 11 is 0. The zero-order valence-electron chi connectivity index (χ0n) is 14.2. The van der Waals surface area contributed by atoms with Crippen LogP contribution < -0.4 is 14.8 Å². The molecule has 0 radical (unpaired) electrons. The van der Waals surface area contributed by atoms with E-state index in [1.807, 2.05) is 12.1 Å². The van der Waals surface area contributed by atoms with Gasteiger partial charge in [0.25, 0.3) is 0 Å². The van der Waals surface area contributed by atoms with Crippen LogP contribution in [0.3, 0.4) is 0 Å². The van der Waals surface area contributed by atoms with Gasteiger partial charge in [0.05, 0.1) is 25.0 Å². The number of aliphatic hydroxyl groups excluding tert-OH is 1. The molecule has 2 aliphatic rings. The lowest BCUT2D eigenvalue weighted by atomic mass is 9.75. The van der Waals surface area contributed by atoms with Crippen molar-refractivity contribution < 1.29 is 23.1 Å². The van der Waals surface area contributed by atoms with E-state index in [1.54, 1.807) is 0 Å². The highest BCUT2D eigenvalue weighted by molar-refractivity contribution is 7.88. The summed E-state index contributed by atoms with van der Waals surface area (Å²) in [7, 11) is -3.30. The Morgan fingerprint density at radius 2 is 2.16 bits per heavy atom. The van der Waals surface area contributed by atoms with Gasteiger partial charge in [-0.1, -0.05) is 6.07 Å². The first-order valence-electron chi connectivity index (χ1n) is 8.49. The molecular formula is C17H24N2O5S. The number of rotatable bonds is 7. The van der Waals surface area contributed by atoms with Gasteiger partial charge in [-0.2, -0.15) is 0 Å². The van der Waals surface area contributed by atoms with Crippen molar-refractivity contribution in [1.29, 1.82) is 0 Å². The summed E-state index contributed by atoms with van der Waals surface area (Å²) < 4.78 is 30.0. The van der Waals surface area contributed by atoms with Crippen LogP contribution in [0.25, 0.3) is 0 Å². The monoisotopic (exact) mass is 368 g/mol. The molecule has 8 heteroatoms. The number of carbonyl (C=O) groups excluding carboxylic acids is 1. The molecule has 3 rings (SSSR count). The number of carbonyl (C=O) groups is 1. The summed E-state index contributed by atoms with van der Waals surface area (Å²) in [5.74, 6) is 0.862. The Morgan fingerprint density at radius 3 is 2.84 bits per heavy atom. The van der Waals surface area contributed by atoms with Crippen molar-refractivity contribution in [2.45, 2.75) is 37.8 Å². The van der Waals surface area contributed by atoms with Gasteiger partial charge in [0, 0.05) is 19.4 Å². The fourth-order valence-corrected chi connectivity index (χ4v) is 3.84. The summed E-state index contributed by atoms with van der Waals surface area (Å²) in [6.07, 6.45) is 2.99. The van der Waals surface area contributed by atoms with Gasteiger partial charge in [-0.25, -0.2) is 13.1 Å². The van der Waals surface area contributed by atoms with Gasteiger partial charge in [0.1, 0.15) is 5.75 Å². The average Bonchev–Trinajstić information content (AvgIpc) is 2.96. The summed E-state index contributed by atoms with van der Waals surface area (Å²) in [6.45, 7) is 0.748. The molecule has 1 aliphatic carbocycles. The van der Waals surface area contributed by atoms with Crippen LogP contribution in [0.2, 0.25) is 0 Å². The van der Waals surface area contributed by atoms with Crippen molar-refractivity contribution in [3.05, 3.63) is 29.3 Å². The molecule has 7 nitrogen and oxygen atoms in total. The SMILES string of the molecule is CS(=O)(=O)NCCC(=O)N[C@H](c1ccc2c(c1)CCO2)C1CC(O)C1. The van der Waals surface area contributed by atoms with Gasteiger partial charge < -0.3 is 15.2 Å². The zero-order valence-corrected chi connectivity index (χ0v) is 15.0. The number of hydrogen-bond donors (Lipinski definition) is 3. The quantitative estimate of drug-likeness (QED) is 0.650. The first-order chi connectivity index (χ1) is 11.8. The topological polar surface area (TPSA) is 105 Å². The smallest absolute Gasteiger partial charge is 0.221 e. The highest BCUT2D eigenvalue weighted by Crippen LogP contribution is 2.39. The Hall–Kier alpha value is -1.64. The first-order valence-corrected chi connectivity index (χ1v) is 10.4. The van der Waals surface area contributed by atoms with Crippen molar-refractivity contribution in [3.63, 3.8) is 0 Å². The fourth-order valence-electron chi connectivity index (χ4n) is 3.37. The molecule has 1 aromatic rings. The minimum atomic E-state index is -3.30. The Labute approximate surface area is 147 Å². The Balaban J connectivity index is 1.67. The predicted octanol–water partition coefficient (Wildman–Crippen LogP) is 0.489. The van der Waals surface area contributed by atoms with Gasteiger partial charge in [0.2, 0.25) is 15.9 Å². The highest BCUT2D eigenvalue weighted by Gasteiger charge is 2.36. The van der Waals surface area contributed by atoms with Crippen molar-refractivity contribution in [2.75, 3.05) is 19.4 Å². The third-order valence-corrected chi connectivity index (χ3v) is 5.45. The van der Waals surface area contributed by atoms with E-state index in [9.17, 15) is 18.3 Å². The molecule has 1 heterocycles. The molecule has 25 heavy (non-hydrogen) atoms. The van der Waals surface area contributed by atoms with Gasteiger partial charge >= 0.3 is 0 Å². The van der Waals surface area contributed by atoms with Crippen LogP contribution in [0.1, 0.15) is 36.4 Å². The minimum absolute atomic E-state index is 0.0721. The summed E-state index contributed by atoms with van der Waals surface area (Å²) in [5, 5.41) is 12.6. The molecule has 138 valence electrons. The molecule has 1 fully saturated rings. The number of fused-ring (bicyclic) bond motifs is 1. The number of hydrogen-bond acceptors (Lipinski definition) is 5. The summed E-state index contributed by atoms with van der Waals surface area (Å²) in [6, 6.07) is 5.76. The maximum Gasteiger partial charge on any atom is 0.221 e. The van der Waals surface area contributed by atoms with Crippen molar-refractivity contribution >= 4 is 15.9 Å². The molecule has 3 N–H and O–H groups in total. The number of amides is 1. The number of benzene rings is 1. The molecule has 0 aromatic heterocycles. The van der Waals surface area contributed by atoms with Gasteiger partial charge in [0.15, 0.2) is 0 Å². The Kier molecular flexibility index (Phi) is 5.31. The lowest BCUT2D eigenvalue weighted by molar-refractivity contribution is -0.122. The lowest BCUT2D eigenvalue weighted by Crippen LogP contribution is -2.42. The molecule has 1 amide bonds. The second kappa shape index (κ2) is 7.31. The van der Waals surface area contributed by atoms with Crippen LogP contribution >= 0.6 is 0 Å². The number of sulfonamides is 1. The standard InChI is InChI=1S/C17H24N2O5S/c1-25(22,23)18-6-4-16(21)19-17(13-9-14(20)10-13)12-2-3-15-11(8-12)5-7-24-15/h2-3,8,13-14,17-18,20H,4-7,9-10H2,1H3,(H,19,21)/t13?,14?,17-/m1/s1. The van der Waals surface area contributed by atoms with E-state index in [-0.39, 0.29) is 36.9 Å². The molecule has 0 spiro atoms. The first kappa shape index (κ1) is 18.2. The molecule has 1 atom stereocenters. The van der Waals surface area contributed by atoms with Gasteiger partial charge in [-0.3, -0.25) is 4.79 Å². The molecule has 1 aromatic carbocycles. The van der Waals surface area contributed by atoms with Crippen LogP contribution in [0.5, 0.6) is 5.75 Å². The van der Waals surface area contributed by atoms with E-state index in [0.29, 0.717) is 19.4 Å². The van der Waals surface area contributed by atoms with Crippen LogP contribution in [0.4, 0.5) is 0 Å². The number of nitrogens with one attached hydrogen (secondary N) is 2. The molecular weight excluding hydrogens is 344 g/mol. The second-order valence-corrected chi connectivity index (χ2v) is 8.65. The second-order valence-electron chi connectivity index (χ2n) is 6.81. The van der Waals surface area contributed by atoms with Crippen molar-refractivity contribution in [2.24, 2.45) is 5.92 Å². The van der Waals surface area contributed by atoms with E-state index in [4.69, 9.17) is 4.74 Å².